The first-order valence-corrected chi connectivity index (χ1v) is 11.8. The van der Waals surface area contributed by atoms with Crippen molar-refractivity contribution in [1.82, 2.24) is 24.5 Å². The summed E-state index contributed by atoms with van der Waals surface area (Å²) in [5, 5.41) is 12.8. The first kappa shape index (κ1) is 22.7. The highest BCUT2D eigenvalue weighted by atomic mass is 32.2. The Morgan fingerprint density at radius 3 is 2.48 bits per heavy atom. The molecule has 0 atom stereocenters. The van der Waals surface area contributed by atoms with Gasteiger partial charge in [-0.3, -0.25) is 0 Å². The summed E-state index contributed by atoms with van der Waals surface area (Å²) in [6.45, 7) is 5.74. The van der Waals surface area contributed by atoms with Gasteiger partial charge in [-0.05, 0) is 50.1 Å². The molecule has 4 aromatic rings. The van der Waals surface area contributed by atoms with Crippen LogP contribution in [0.15, 0.2) is 53.4 Å². The molecule has 0 fully saturated rings. The van der Waals surface area contributed by atoms with Crippen molar-refractivity contribution in [2.45, 2.75) is 25.7 Å². The second kappa shape index (κ2) is 9.16. The summed E-state index contributed by atoms with van der Waals surface area (Å²) in [4.78, 5) is 0.306. The molecule has 10 heteroatoms. The summed E-state index contributed by atoms with van der Waals surface area (Å²) >= 11 is 0. The first-order chi connectivity index (χ1) is 15.8. The standard InChI is InChI=1S/C23H25N5O4S/c1-15-12-16(2)22(17(3)13-15)33(29,30)24-10-11-32-21-9-8-20-25-26-23(28(20)27-21)18-6-5-7-19(14-18)31-4/h5-9,12-14,24H,10-11H2,1-4H3. The molecule has 1 N–H and O–H groups in total. The normalized spacial score (nSPS) is 11.6. The van der Waals surface area contributed by atoms with Crippen LogP contribution < -0.4 is 14.2 Å². The molecule has 4 rings (SSSR count). The van der Waals surface area contributed by atoms with Crippen molar-refractivity contribution in [3.8, 4) is 23.0 Å². The number of benzene rings is 2. The van der Waals surface area contributed by atoms with Crippen LogP contribution in [0.25, 0.3) is 17.0 Å². The Balaban J connectivity index is 1.46. The minimum Gasteiger partial charge on any atom is -0.497 e. The molecule has 0 spiro atoms. The molecule has 0 bridgehead atoms. The van der Waals surface area contributed by atoms with Crippen molar-refractivity contribution in [2.24, 2.45) is 0 Å². The van der Waals surface area contributed by atoms with Gasteiger partial charge in [0.25, 0.3) is 0 Å². The van der Waals surface area contributed by atoms with Crippen molar-refractivity contribution in [3.63, 3.8) is 0 Å². The highest BCUT2D eigenvalue weighted by Crippen LogP contribution is 2.23. The number of ether oxygens (including phenoxy) is 2. The number of aromatic nitrogens is 4. The Bertz CT molecular complexity index is 1390. The molecule has 0 unspecified atom stereocenters. The summed E-state index contributed by atoms with van der Waals surface area (Å²) in [6.07, 6.45) is 0. The molecule has 2 heterocycles. The number of nitrogens with zero attached hydrogens (tertiary/aromatic N) is 4. The van der Waals surface area contributed by atoms with Gasteiger partial charge >= 0.3 is 0 Å². The van der Waals surface area contributed by atoms with E-state index in [4.69, 9.17) is 9.47 Å². The number of methoxy groups -OCH3 is 1. The van der Waals surface area contributed by atoms with Gasteiger partial charge in [-0.25, -0.2) is 13.1 Å². The van der Waals surface area contributed by atoms with E-state index < -0.39 is 10.0 Å². The van der Waals surface area contributed by atoms with Crippen LogP contribution in [-0.2, 0) is 10.0 Å². The van der Waals surface area contributed by atoms with Crippen LogP contribution >= 0.6 is 0 Å². The van der Waals surface area contributed by atoms with Gasteiger partial charge in [0.1, 0.15) is 12.4 Å². The fourth-order valence-corrected chi connectivity index (χ4v) is 5.25. The molecule has 9 nitrogen and oxygen atoms in total. The number of nitrogens with one attached hydrogen (secondary N) is 1. The lowest BCUT2D eigenvalue weighted by molar-refractivity contribution is 0.306. The molecule has 33 heavy (non-hydrogen) atoms. The third kappa shape index (κ3) is 4.81. The zero-order chi connectivity index (χ0) is 23.6. The van der Waals surface area contributed by atoms with Crippen LogP contribution in [-0.4, -0.2) is 48.5 Å². The predicted molar refractivity (Wildman–Crippen MR) is 124 cm³/mol. The van der Waals surface area contributed by atoms with Crippen LogP contribution in [0.1, 0.15) is 16.7 Å². The van der Waals surface area contributed by atoms with E-state index in [1.165, 1.54) is 0 Å². The molecule has 2 aromatic carbocycles. The number of hydrogen-bond acceptors (Lipinski definition) is 7. The van der Waals surface area contributed by atoms with Crippen LogP contribution in [0.3, 0.4) is 0 Å². The topological polar surface area (TPSA) is 108 Å². The third-order valence-corrected chi connectivity index (χ3v) is 6.85. The second-order valence-corrected chi connectivity index (χ2v) is 9.38. The quantitative estimate of drug-likeness (QED) is 0.397. The van der Waals surface area contributed by atoms with Crippen LogP contribution in [0.4, 0.5) is 0 Å². The fraction of sp³-hybridized carbons (Fsp3) is 0.261. The van der Waals surface area contributed by atoms with Crippen molar-refractivity contribution >= 4 is 15.7 Å². The van der Waals surface area contributed by atoms with E-state index in [9.17, 15) is 8.42 Å². The summed E-state index contributed by atoms with van der Waals surface area (Å²) < 4.78 is 40.7. The van der Waals surface area contributed by atoms with E-state index in [0.29, 0.717) is 39.1 Å². The molecule has 0 saturated heterocycles. The molecule has 0 amide bonds. The largest absolute Gasteiger partial charge is 0.497 e. The van der Waals surface area contributed by atoms with Gasteiger partial charge in [0.05, 0.1) is 12.0 Å². The molecule has 0 aliphatic heterocycles. The van der Waals surface area contributed by atoms with Crippen molar-refractivity contribution in [1.29, 1.82) is 0 Å². The molecule has 172 valence electrons. The number of sulfonamides is 1. The lowest BCUT2D eigenvalue weighted by Gasteiger charge is -2.13. The van der Waals surface area contributed by atoms with Gasteiger partial charge in [-0.1, -0.05) is 29.8 Å². The summed E-state index contributed by atoms with van der Waals surface area (Å²) in [5.41, 5.74) is 3.81. The molecular formula is C23H25N5O4S. The van der Waals surface area contributed by atoms with Crippen molar-refractivity contribution < 1.29 is 17.9 Å². The number of fused-ring (bicyclic) bond motifs is 1. The Hall–Kier alpha value is -3.50. The van der Waals surface area contributed by atoms with Gasteiger partial charge in [0, 0.05) is 18.2 Å². The highest BCUT2D eigenvalue weighted by molar-refractivity contribution is 7.89. The van der Waals surface area contributed by atoms with Crippen LogP contribution in [0.5, 0.6) is 11.6 Å². The van der Waals surface area contributed by atoms with E-state index in [1.807, 2.05) is 43.3 Å². The fourth-order valence-electron chi connectivity index (χ4n) is 3.79. The molecule has 0 radical (unpaired) electrons. The van der Waals surface area contributed by atoms with E-state index in [2.05, 4.69) is 20.0 Å². The average Bonchev–Trinajstić information content (AvgIpc) is 3.19. The molecule has 0 saturated carbocycles. The Labute approximate surface area is 192 Å². The molecular weight excluding hydrogens is 442 g/mol. The van der Waals surface area contributed by atoms with Gasteiger partial charge in [0.15, 0.2) is 11.5 Å². The highest BCUT2D eigenvalue weighted by Gasteiger charge is 2.19. The first-order valence-electron chi connectivity index (χ1n) is 10.4. The smallest absolute Gasteiger partial charge is 0.241 e. The monoisotopic (exact) mass is 467 g/mol. The predicted octanol–water partition coefficient (Wildman–Crippen LogP) is 3.08. The second-order valence-electron chi connectivity index (χ2n) is 7.67. The van der Waals surface area contributed by atoms with E-state index in [-0.39, 0.29) is 13.2 Å². The summed E-state index contributed by atoms with van der Waals surface area (Å²) in [6, 6.07) is 14.6. The summed E-state index contributed by atoms with van der Waals surface area (Å²) in [7, 11) is -2.06. The lowest BCUT2D eigenvalue weighted by Crippen LogP contribution is -2.29. The molecule has 2 aromatic heterocycles. The van der Waals surface area contributed by atoms with Crippen LogP contribution in [0.2, 0.25) is 0 Å². The maximum atomic E-state index is 12.8. The number of hydrogen-bond donors (Lipinski definition) is 1. The van der Waals surface area contributed by atoms with Gasteiger partial charge < -0.3 is 9.47 Å². The van der Waals surface area contributed by atoms with Gasteiger partial charge in [-0.2, -0.15) is 4.52 Å². The zero-order valence-electron chi connectivity index (χ0n) is 18.9. The zero-order valence-corrected chi connectivity index (χ0v) is 19.7. The Morgan fingerprint density at radius 1 is 1.00 bits per heavy atom. The van der Waals surface area contributed by atoms with Crippen molar-refractivity contribution in [2.75, 3.05) is 20.3 Å². The number of rotatable bonds is 8. The summed E-state index contributed by atoms with van der Waals surface area (Å²) in [5.74, 6) is 1.57. The van der Waals surface area contributed by atoms with Gasteiger partial charge in [-0.15, -0.1) is 15.3 Å². The minimum absolute atomic E-state index is 0.0970. The van der Waals surface area contributed by atoms with E-state index >= 15 is 0 Å². The van der Waals surface area contributed by atoms with Crippen molar-refractivity contribution in [3.05, 3.63) is 65.2 Å². The lowest BCUT2D eigenvalue weighted by atomic mass is 10.1. The molecule has 0 aliphatic rings. The third-order valence-electron chi connectivity index (χ3n) is 5.08. The SMILES string of the molecule is COc1cccc(-c2nnc3ccc(OCCNS(=O)(=O)c4c(C)cc(C)cc4C)nn23)c1. The Morgan fingerprint density at radius 2 is 1.76 bits per heavy atom. The maximum absolute atomic E-state index is 12.8. The Kier molecular flexibility index (Phi) is 6.30. The maximum Gasteiger partial charge on any atom is 0.241 e. The van der Waals surface area contributed by atoms with E-state index in [0.717, 1.165) is 11.1 Å². The molecule has 0 aliphatic carbocycles. The number of aryl methyl sites for hydroxylation is 3. The average molecular weight is 468 g/mol. The van der Waals surface area contributed by atoms with Gasteiger partial charge in [0.2, 0.25) is 15.9 Å². The van der Waals surface area contributed by atoms with Crippen LogP contribution in [0, 0.1) is 20.8 Å². The van der Waals surface area contributed by atoms with E-state index in [1.54, 1.807) is 37.6 Å². The minimum atomic E-state index is -3.66.